The summed E-state index contributed by atoms with van der Waals surface area (Å²) in [5, 5.41) is 15.5. The number of nitrogens with one attached hydrogen (secondary N) is 3. The van der Waals surface area contributed by atoms with Crippen LogP contribution in [0.1, 0.15) is 29.8 Å². The van der Waals surface area contributed by atoms with Crippen LogP contribution in [-0.2, 0) is 4.79 Å². The van der Waals surface area contributed by atoms with E-state index >= 15 is 0 Å². The molecule has 2 amide bonds. The predicted octanol–water partition coefficient (Wildman–Crippen LogP) is 1.43. The number of hydrogen-bond acceptors (Lipinski definition) is 5. The molecule has 1 aromatic carbocycles. The first-order valence-corrected chi connectivity index (χ1v) is 8.13. The average Bonchev–Trinajstić information content (AvgIpc) is 3.23. The van der Waals surface area contributed by atoms with E-state index in [4.69, 9.17) is 0 Å². The second-order valence-corrected chi connectivity index (χ2v) is 5.72. The zero-order chi connectivity index (χ0) is 17.6. The van der Waals surface area contributed by atoms with Crippen molar-refractivity contribution in [2.45, 2.75) is 19.3 Å². The number of aromatic amines is 1. The maximum atomic E-state index is 13.7. The van der Waals surface area contributed by atoms with Crippen molar-refractivity contribution in [3.63, 3.8) is 0 Å². The van der Waals surface area contributed by atoms with Crippen molar-refractivity contribution in [2.75, 3.05) is 25.0 Å². The lowest BCUT2D eigenvalue weighted by Gasteiger charge is -2.15. The van der Waals surface area contributed by atoms with Crippen molar-refractivity contribution in [1.82, 2.24) is 25.6 Å². The molecule has 0 radical (unpaired) electrons. The molecular weight excluding hydrogens is 327 g/mol. The van der Waals surface area contributed by atoms with Crippen LogP contribution in [0.4, 0.5) is 15.9 Å². The molecule has 0 atom stereocenters. The van der Waals surface area contributed by atoms with Crippen LogP contribution in [0.25, 0.3) is 0 Å². The molecule has 1 saturated heterocycles. The van der Waals surface area contributed by atoms with Gasteiger partial charge in [-0.25, -0.2) is 4.39 Å². The summed E-state index contributed by atoms with van der Waals surface area (Å²) in [6, 6.07) is 6.09. The molecule has 0 saturated carbocycles. The highest BCUT2D eigenvalue weighted by Gasteiger charge is 2.20. The molecule has 25 heavy (non-hydrogen) atoms. The lowest BCUT2D eigenvalue weighted by molar-refractivity contribution is -0.127. The molecule has 1 aromatic heterocycles. The molecular formula is C16H19FN6O2. The van der Waals surface area contributed by atoms with Gasteiger partial charge in [-0.2, -0.15) is 5.21 Å². The second-order valence-electron chi connectivity index (χ2n) is 5.72. The molecule has 132 valence electrons. The number of para-hydroxylation sites is 1. The first kappa shape index (κ1) is 16.9. The van der Waals surface area contributed by atoms with Gasteiger partial charge in [-0.3, -0.25) is 9.59 Å². The van der Waals surface area contributed by atoms with Crippen molar-refractivity contribution >= 4 is 23.3 Å². The van der Waals surface area contributed by atoms with E-state index in [0.29, 0.717) is 25.9 Å². The van der Waals surface area contributed by atoms with Gasteiger partial charge in [0.05, 0.1) is 5.69 Å². The minimum atomic E-state index is -0.452. The van der Waals surface area contributed by atoms with Crippen LogP contribution in [0.5, 0.6) is 0 Å². The Hall–Kier alpha value is -2.97. The van der Waals surface area contributed by atoms with Crippen molar-refractivity contribution in [3.8, 4) is 0 Å². The highest BCUT2D eigenvalue weighted by Crippen LogP contribution is 2.19. The van der Waals surface area contributed by atoms with Gasteiger partial charge in [0.25, 0.3) is 5.91 Å². The van der Waals surface area contributed by atoms with Gasteiger partial charge in [-0.1, -0.05) is 12.1 Å². The Bertz CT molecular complexity index is 763. The van der Waals surface area contributed by atoms with Crippen molar-refractivity contribution in [2.24, 2.45) is 0 Å². The van der Waals surface area contributed by atoms with Gasteiger partial charge in [0.15, 0.2) is 11.5 Å². The fourth-order valence-corrected chi connectivity index (χ4v) is 2.66. The predicted molar refractivity (Wildman–Crippen MR) is 88.8 cm³/mol. The van der Waals surface area contributed by atoms with E-state index in [9.17, 15) is 14.0 Å². The number of carbonyl (C=O) groups is 2. The minimum Gasteiger partial charge on any atom is -0.350 e. The number of benzene rings is 1. The molecule has 0 unspecified atom stereocenters. The molecule has 1 aliphatic rings. The van der Waals surface area contributed by atoms with Gasteiger partial charge in [0.1, 0.15) is 5.82 Å². The van der Waals surface area contributed by atoms with E-state index in [1.54, 1.807) is 23.1 Å². The maximum absolute atomic E-state index is 13.7. The molecule has 1 fully saturated rings. The second kappa shape index (κ2) is 7.73. The number of rotatable bonds is 7. The summed E-state index contributed by atoms with van der Waals surface area (Å²) in [5.74, 6) is -0.552. The molecule has 0 aliphatic carbocycles. The smallest absolute Gasteiger partial charge is 0.275 e. The van der Waals surface area contributed by atoms with Crippen molar-refractivity contribution in [1.29, 1.82) is 0 Å². The van der Waals surface area contributed by atoms with Crippen LogP contribution in [-0.4, -0.2) is 51.8 Å². The van der Waals surface area contributed by atoms with Gasteiger partial charge >= 0.3 is 0 Å². The maximum Gasteiger partial charge on any atom is 0.275 e. The van der Waals surface area contributed by atoms with Gasteiger partial charge < -0.3 is 15.5 Å². The largest absolute Gasteiger partial charge is 0.350 e. The number of carbonyl (C=O) groups excluding carboxylic acids is 2. The van der Waals surface area contributed by atoms with E-state index in [1.165, 1.54) is 6.07 Å². The number of H-pyrrole nitrogens is 1. The molecule has 9 heteroatoms. The highest BCUT2D eigenvalue weighted by atomic mass is 19.1. The molecule has 2 aromatic rings. The van der Waals surface area contributed by atoms with Gasteiger partial charge in [0.2, 0.25) is 5.91 Å². The fraction of sp³-hybridized carbons (Fsp3) is 0.375. The van der Waals surface area contributed by atoms with Crippen LogP contribution < -0.4 is 10.6 Å². The standard InChI is InChI=1S/C16H19FN6O2/c17-11-5-1-2-6-12(11)19-15-14(20-22-21-15)16(25)18-8-4-10-23-9-3-7-13(23)24/h1-2,5-6H,3-4,7-10H2,(H,18,25)(H2,19,20,21,22). The Morgan fingerprint density at radius 2 is 2.16 bits per heavy atom. The molecule has 0 spiro atoms. The Kier molecular flexibility index (Phi) is 5.22. The number of amides is 2. The number of hydrogen-bond donors (Lipinski definition) is 3. The van der Waals surface area contributed by atoms with Crippen LogP contribution in [0.2, 0.25) is 0 Å². The summed E-state index contributed by atoms with van der Waals surface area (Å²) < 4.78 is 13.7. The molecule has 3 N–H and O–H groups in total. The van der Waals surface area contributed by atoms with E-state index in [-0.39, 0.29) is 23.1 Å². The average molecular weight is 346 g/mol. The molecule has 3 rings (SSSR count). The molecule has 8 nitrogen and oxygen atoms in total. The van der Waals surface area contributed by atoms with Crippen LogP contribution in [0.15, 0.2) is 24.3 Å². The zero-order valence-corrected chi connectivity index (χ0v) is 13.6. The number of likely N-dealkylation sites (tertiary alicyclic amines) is 1. The third-order valence-corrected chi connectivity index (χ3v) is 3.95. The molecule has 2 heterocycles. The molecule has 0 bridgehead atoms. The van der Waals surface area contributed by atoms with E-state index in [2.05, 4.69) is 26.0 Å². The normalized spacial score (nSPS) is 14.0. The van der Waals surface area contributed by atoms with E-state index < -0.39 is 11.7 Å². The van der Waals surface area contributed by atoms with Gasteiger partial charge in [-0.15, -0.1) is 10.2 Å². The lowest BCUT2D eigenvalue weighted by atomic mass is 10.3. The van der Waals surface area contributed by atoms with Crippen LogP contribution >= 0.6 is 0 Å². The first-order chi connectivity index (χ1) is 12.1. The highest BCUT2D eigenvalue weighted by molar-refractivity contribution is 5.97. The number of aromatic nitrogens is 3. The van der Waals surface area contributed by atoms with Crippen LogP contribution in [0, 0.1) is 5.82 Å². The fourth-order valence-electron chi connectivity index (χ4n) is 2.66. The third kappa shape index (κ3) is 4.11. The number of anilines is 2. The number of nitrogens with zero attached hydrogens (tertiary/aromatic N) is 3. The Morgan fingerprint density at radius 1 is 1.32 bits per heavy atom. The Morgan fingerprint density at radius 3 is 2.92 bits per heavy atom. The topological polar surface area (TPSA) is 103 Å². The monoisotopic (exact) mass is 346 g/mol. The summed E-state index contributed by atoms with van der Waals surface area (Å²) in [7, 11) is 0. The van der Waals surface area contributed by atoms with E-state index in [1.807, 2.05) is 0 Å². The van der Waals surface area contributed by atoms with Gasteiger partial charge in [0, 0.05) is 26.1 Å². The van der Waals surface area contributed by atoms with Gasteiger partial charge in [-0.05, 0) is 25.0 Å². The van der Waals surface area contributed by atoms with Crippen molar-refractivity contribution < 1.29 is 14.0 Å². The quantitative estimate of drug-likeness (QED) is 0.658. The first-order valence-electron chi connectivity index (χ1n) is 8.13. The SMILES string of the molecule is O=C(NCCCN1CCCC1=O)c1n[nH]nc1Nc1ccccc1F. The summed E-state index contributed by atoms with van der Waals surface area (Å²) in [5.41, 5.74) is 0.262. The summed E-state index contributed by atoms with van der Waals surface area (Å²) in [6.45, 7) is 1.82. The Balaban J connectivity index is 1.52. The number of halogens is 1. The lowest BCUT2D eigenvalue weighted by Crippen LogP contribution is -2.31. The zero-order valence-electron chi connectivity index (χ0n) is 13.6. The van der Waals surface area contributed by atoms with Crippen molar-refractivity contribution in [3.05, 3.63) is 35.8 Å². The van der Waals surface area contributed by atoms with Crippen LogP contribution in [0.3, 0.4) is 0 Å². The Labute approximate surface area is 143 Å². The minimum absolute atomic E-state index is 0.0560. The molecule has 1 aliphatic heterocycles. The summed E-state index contributed by atoms with van der Waals surface area (Å²) in [4.78, 5) is 25.5. The summed E-state index contributed by atoms with van der Waals surface area (Å²) in [6.07, 6.45) is 2.16. The third-order valence-electron chi connectivity index (χ3n) is 3.95. The van der Waals surface area contributed by atoms with E-state index in [0.717, 1.165) is 13.0 Å². The summed E-state index contributed by atoms with van der Waals surface area (Å²) >= 11 is 0.